The fourth-order valence-electron chi connectivity index (χ4n) is 2.56. The van der Waals surface area contributed by atoms with Crippen LogP contribution in [0.5, 0.6) is 0 Å². The second-order valence-electron chi connectivity index (χ2n) is 4.75. The highest BCUT2D eigenvalue weighted by Crippen LogP contribution is 2.25. The van der Waals surface area contributed by atoms with Crippen LogP contribution >= 0.6 is 0 Å². The summed E-state index contributed by atoms with van der Waals surface area (Å²) in [5.74, 6) is -1.05. The Kier molecular flexibility index (Phi) is 3.14. The zero-order chi connectivity index (χ0) is 15.0. The number of carbonyl (C=O) groups excluding carboxylic acids is 2. The number of benzene rings is 2. The van der Waals surface area contributed by atoms with E-state index in [4.69, 9.17) is 0 Å². The van der Waals surface area contributed by atoms with Gasteiger partial charge in [0.25, 0.3) is 5.91 Å². The molecule has 104 valence electrons. The number of halogens is 1. The first-order valence-corrected chi connectivity index (χ1v) is 6.49. The maximum atomic E-state index is 13.8. The standard InChI is InChI=1S/C17H12FNO2/c1-11-14(10-20)12-6-3-5-9-16(12)19(11)17(21)13-7-2-4-8-15(13)18/h2-10H,1H3. The first-order chi connectivity index (χ1) is 10.1. The first-order valence-electron chi connectivity index (χ1n) is 6.49. The van der Waals surface area contributed by atoms with Gasteiger partial charge in [-0.1, -0.05) is 30.3 Å². The van der Waals surface area contributed by atoms with Crippen LogP contribution in [0.1, 0.15) is 26.4 Å². The fourth-order valence-corrected chi connectivity index (χ4v) is 2.56. The Balaban J connectivity index is 2.31. The van der Waals surface area contributed by atoms with Crippen molar-refractivity contribution in [1.29, 1.82) is 0 Å². The van der Waals surface area contributed by atoms with Gasteiger partial charge < -0.3 is 0 Å². The van der Waals surface area contributed by atoms with Crippen molar-refractivity contribution in [1.82, 2.24) is 4.57 Å². The van der Waals surface area contributed by atoms with Crippen LogP contribution in [0.15, 0.2) is 48.5 Å². The van der Waals surface area contributed by atoms with E-state index in [1.165, 1.54) is 22.8 Å². The lowest BCUT2D eigenvalue weighted by atomic mass is 10.1. The minimum absolute atomic E-state index is 0.0150. The van der Waals surface area contributed by atoms with E-state index in [9.17, 15) is 14.0 Å². The Hall–Kier alpha value is -2.75. The van der Waals surface area contributed by atoms with Crippen molar-refractivity contribution < 1.29 is 14.0 Å². The Bertz CT molecular complexity index is 864. The van der Waals surface area contributed by atoms with E-state index in [2.05, 4.69) is 0 Å². The van der Waals surface area contributed by atoms with Crippen molar-refractivity contribution >= 4 is 23.1 Å². The molecule has 2 aromatic carbocycles. The van der Waals surface area contributed by atoms with Gasteiger partial charge >= 0.3 is 0 Å². The molecule has 0 spiro atoms. The Morgan fingerprint density at radius 3 is 2.48 bits per heavy atom. The fraction of sp³-hybridized carbons (Fsp3) is 0.0588. The summed E-state index contributed by atoms with van der Waals surface area (Å²) in [6, 6.07) is 12.9. The molecule has 3 nitrogen and oxygen atoms in total. The minimum Gasteiger partial charge on any atom is -0.298 e. The third-order valence-electron chi connectivity index (χ3n) is 3.59. The summed E-state index contributed by atoms with van der Waals surface area (Å²) in [7, 11) is 0. The van der Waals surface area contributed by atoms with Gasteiger partial charge in [-0.15, -0.1) is 0 Å². The predicted octanol–water partition coefficient (Wildman–Crippen LogP) is 3.59. The maximum absolute atomic E-state index is 13.8. The van der Waals surface area contributed by atoms with Crippen molar-refractivity contribution in [2.24, 2.45) is 0 Å². The molecule has 0 saturated carbocycles. The molecule has 1 heterocycles. The first kappa shape index (κ1) is 13.2. The van der Waals surface area contributed by atoms with E-state index < -0.39 is 11.7 Å². The van der Waals surface area contributed by atoms with Gasteiger partial charge in [-0.2, -0.15) is 0 Å². The van der Waals surface area contributed by atoms with Crippen LogP contribution in [-0.2, 0) is 0 Å². The molecule has 0 amide bonds. The van der Waals surface area contributed by atoms with Gasteiger partial charge in [0.05, 0.1) is 11.1 Å². The average molecular weight is 281 g/mol. The van der Waals surface area contributed by atoms with Crippen LogP contribution in [-0.4, -0.2) is 16.8 Å². The van der Waals surface area contributed by atoms with Crippen molar-refractivity contribution in [2.75, 3.05) is 0 Å². The number of para-hydroxylation sites is 1. The molecule has 0 N–H and O–H groups in total. The average Bonchev–Trinajstić information content (AvgIpc) is 2.78. The maximum Gasteiger partial charge on any atom is 0.265 e. The number of nitrogens with zero attached hydrogens (tertiary/aromatic N) is 1. The summed E-state index contributed by atoms with van der Waals surface area (Å²) in [5, 5.41) is 0.690. The lowest BCUT2D eigenvalue weighted by molar-refractivity contribution is 0.0959. The predicted molar refractivity (Wildman–Crippen MR) is 78.2 cm³/mol. The summed E-state index contributed by atoms with van der Waals surface area (Å²) in [4.78, 5) is 23.9. The second-order valence-corrected chi connectivity index (χ2v) is 4.75. The molecule has 0 fully saturated rings. The molecular weight excluding hydrogens is 269 g/mol. The number of aldehydes is 1. The van der Waals surface area contributed by atoms with Crippen molar-refractivity contribution in [3.8, 4) is 0 Å². The van der Waals surface area contributed by atoms with Crippen molar-refractivity contribution in [3.63, 3.8) is 0 Å². The summed E-state index contributed by atoms with van der Waals surface area (Å²) >= 11 is 0. The third-order valence-corrected chi connectivity index (χ3v) is 3.59. The van der Waals surface area contributed by atoms with Crippen LogP contribution in [0.3, 0.4) is 0 Å². The van der Waals surface area contributed by atoms with Gasteiger partial charge in [-0.25, -0.2) is 4.39 Å². The lowest BCUT2D eigenvalue weighted by Crippen LogP contribution is -2.15. The highest BCUT2D eigenvalue weighted by molar-refractivity contribution is 6.08. The van der Waals surface area contributed by atoms with Gasteiger partial charge in [0, 0.05) is 16.6 Å². The van der Waals surface area contributed by atoms with Gasteiger partial charge in [0.1, 0.15) is 5.82 Å². The molecule has 0 bridgehead atoms. The van der Waals surface area contributed by atoms with E-state index in [0.717, 1.165) is 6.29 Å². The molecule has 0 aliphatic carbocycles. The van der Waals surface area contributed by atoms with Crippen LogP contribution in [0.25, 0.3) is 10.9 Å². The normalized spacial score (nSPS) is 10.8. The molecule has 3 aromatic rings. The molecule has 0 aliphatic rings. The summed E-state index contributed by atoms with van der Waals surface area (Å²) in [6.45, 7) is 1.68. The zero-order valence-electron chi connectivity index (χ0n) is 11.3. The van der Waals surface area contributed by atoms with Gasteiger partial charge in [0.15, 0.2) is 6.29 Å². The molecular formula is C17H12FNO2. The Morgan fingerprint density at radius 1 is 1.10 bits per heavy atom. The van der Waals surface area contributed by atoms with Gasteiger partial charge in [-0.05, 0) is 25.1 Å². The number of hydrogen-bond donors (Lipinski definition) is 0. The highest BCUT2D eigenvalue weighted by Gasteiger charge is 2.20. The minimum atomic E-state index is -0.577. The topological polar surface area (TPSA) is 39.1 Å². The van der Waals surface area contributed by atoms with E-state index in [-0.39, 0.29) is 5.56 Å². The molecule has 1 aromatic heterocycles. The van der Waals surface area contributed by atoms with Crippen LogP contribution < -0.4 is 0 Å². The molecule has 0 saturated heterocycles. The third kappa shape index (κ3) is 1.96. The summed E-state index contributed by atoms with van der Waals surface area (Å²) in [5.41, 5.74) is 1.55. The second kappa shape index (κ2) is 4.98. The van der Waals surface area contributed by atoms with E-state index in [0.29, 0.717) is 22.2 Å². The Labute approximate surface area is 120 Å². The number of aromatic nitrogens is 1. The van der Waals surface area contributed by atoms with Crippen LogP contribution in [0, 0.1) is 12.7 Å². The smallest absolute Gasteiger partial charge is 0.265 e. The van der Waals surface area contributed by atoms with Gasteiger partial charge in [0.2, 0.25) is 0 Å². The molecule has 4 heteroatoms. The quantitative estimate of drug-likeness (QED) is 0.673. The van der Waals surface area contributed by atoms with Crippen LogP contribution in [0.4, 0.5) is 4.39 Å². The largest absolute Gasteiger partial charge is 0.298 e. The molecule has 0 aliphatic heterocycles. The summed E-state index contributed by atoms with van der Waals surface area (Å²) < 4.78 is 15.2. The number of fused-ring (bicyclic) bond motifs is 1. The molecule has 3 rings (SSSR count). The van der Waals surface area contributed by atoms with Gasteiger partial charge in [-0.3, -0.25) is 14.2 Å². The van der Waals surface area contributed by atoms with E-state index >= 15 is 0 Å². The summed E-state index contributed by atoms with van der Waals surface area (Å²) in [6.07, 6.45) is 0.725. The number of rotatable bonds is 2. The van der Waals surface area contributed by atoms with E-state index in [1.807, 2.05) is 0 Å². The SMILES string of the molecule is Cc1c(C=O)c2ccccc2n1C(=O)c1ccccc1F. The molecule has 0 unspecified atom stereocenters. The monoisotopic (exact) mass is 281 g/mol. The lowest BCUT2D eigenvalue weighted by Gasteiger charge is -2.07. The Morgan fingerprint density at radius 2 is 1.76 bits per heavy atom. The van der Waals surface area contributed by atoms with Crippen molar-refractivity contribution in [2.45, 2.75) is 6.92 Å². The zero-order valence-corrected chi connectivity index (χ0v) is 11.3. The molecule has 21 heavy (non-hydrogen) atoms. The molecule has 0 radical (unpaired) electrons. The highest BCUT2D eigenvalue weighted by atomic mass is 19.1. The number of hydrogen-bond acceptors (Lipinski definition) is 2. The molecule has 0 atom stereocenters. The van der Waals surface area contributed by atoms with Crippen LogP contribution in [0.2, 0.25) is 0 Å². The van der Waals surface area contributed by atoms with E-state index in [1.54, 1.807) is 37.3 Å². The number of carbonyl (C=O) groups is 2. The van der Waals surface area contributed by atoms with Crippen molar-refractivity contribution in [3.05, 3.63) is 71.2 Å².